The van der Waals surface area contributed by atoms with Crippen molar-refractivity contribution in [1.29, 1.82) is 0 Å². The van der Waals surface area contributed by atoms with Gasteiger partial charge in [0.2, 0.25) is 0 Å². The molecule has 0 bridgehead atoms. The molecule has 8 heavy (non-hydrogen) atoms. The lowest BCUT2D eigenvalue weighted by Gasteiger charge is -2.05. The van der Waals surface area contributed by atoms with Crippen LogP contribution in [0.5, 0.6) is 0 Å². The molecule has 0 aromatic rings. The Hall–Kier alpha value is -0.660. The van der Waals surface area contributed by atoms with Gasteiger partial charge in [0.25, 0.3) is 0 Å². The van der Waals surface area contributed by atoms with Crippen molar-refractivity contribution in [3.8, 4) is 0 Å². The van der Waals surface area contributed by atoms with E-state index >= 15 is 0 Å². The summed E-state index contributed by atoms with van der Waals surface area (Å²) >= 11 is 0. The smallest absolute Gasteiger partial charge is 0.0294 e. The lowest BCUT2D eigenvalue weighted by molar-refractivity contribution is 0.741. The van der Waals surface area contributed by atoms with Gasteiger partial charge in [-0.25, -0.2) is 0 Å². The largest absolute Gasteiger partial charge is 0.401 e. The number of rotatable bonds is 1. The molecule has 0 aromatic heterocycles. The van der Waals surface area contributed by atoms with Crippen molar-refractivity contribution in [3.05, 3.63) is 11.4 Å². The van der Waals surface area contributed by atoms with Crippen molar-refractivity contribution in [3.63, 3.8) is 0 Å². The van der Waals surface area contributed by atoms with E-state index < -0.39 is 0 Å². The van der Waals surface area contributed by atoms with Crippen LogP contribution in [0, 0.1) is 5.92 Å². The molecule has 4 N–H and O–H groups in total. The molecule has 0 amide bonds. The number of hydrogen-bond acceptors (Lipinski definition) is 2. The van der Waals surface area contributed by atoms with Crippen molar-refractivity contribution in [2.45, 2.75) is 20.8 Å². The molecule has 0 heterocycles. The van der Waals surface area contributed by atoms with Gasteiger partial charge in [0.05, 0.1) is 0 Å². The number of allylic oxidation sites excluding steroid dienone is 2. The van der Waals surface area contributed by atoms with Crippen LogP contribution < -0.4 is 11.5 Å². The molecule has 0 aliphatic rings. The summed E-state index contributed by atoms with van der Waals surface area (Å²) in [6.07, 6.45) is 0. The Morgan fingerprint density at radius 2 is 1.62 bits per heavy atom. The maximum absolute atomic E-state index is 5.51. The fraction of sp³-hybridized carbons (Fsp3) is 0.667. The molecule has 0 fully saturated rings. The summed E-state index contributed by atoms with van der Waals surface area (Å²) in [5.41, 5.74) is 12.4. The summed E-state index contributed by atoms with van der Waals surface area (Å²) in [6.45, 7) is 5.85. The average molecular weight is 114 g/mol. The summed E-state index contributed by atoms with van der Waals surface area (Å²) in [5.74, 6) is 0.375. The van der Waals surface area contributed by atoms with Crippen LogP contribution in [0.1, 0.15) is 20.8 Å². The van der Waals surface area contributed by atoms with E-state index in [1.807, 2.05) is 20.8 Å². The third-order valence-electron chi connectivity index (χ3n) is 1.08. The fourth-order valence-corrected chi connectivity index (χ4v) is 0.455. The zero-order valence-electron chi connectivity index (χ0n) is 5.73. The van der Waals surface area contributed by atoms with Crippen LogP contribution in [-0.2, 0) is 0 Å². The molecule has 0 saturated carbocycles. The van der Waals surface area contributed by atoms with E-state index in [1.165, 1.54) is 0 Å². The Labute approximate surface area is 50.6 Å². The molecule has 48 valence electrons. The van der Waals surface area contributed by atoms with Crippen LogP contribution in [0.3, 0.4) is 0 Å². The Morgan fingerprint density at radius 1 is 1.25 bits per heavy atom. The van der Waals surface area contributed by atoms with E-state index in [9.17, 15) is 0 Å². The van der Waals surface area contributed by atoms with Gasteiger partial charge in [-0.2, -0.15) is 0 Å². The highest BCUT2D eigenvalue weighted by atomic mass is 14.7. The van der Waals surface area contributed by atoms with E-state index in [2.05, 4.69) is 0 Å². The predicted octanol–water partition coefficient (Wildman–Crippen LogP) is 0.791. The molecular formula is C6H14N2. The zero-order valence-corrected chi connectivity index (χ0v) is 5.73. The van der Waals surface area contributed by atoms with Gasteiger partial charge in [-0.15, -0.1) is 0 Å². The van der Waals surface area contributed by atoms with Crippen molar-refractivity contribution in [2.24, 2.45) is 17.4 Å². The maximum Gasteiger partial charge on any atom is 0.0294 e. The summed E-state index contributed by atoms with van der Waals surface area (Å²) in [7, 11) is 0. The first-order valence-electron chi connectivity index (χ1n) is 2.77. The quantitative estimate of drug-likeness (QED) is 0.529. The molecular weight excluding hydrogens is 100 g/mol. The molecule has 0 aromatic carbocycles. The lowest BCUT2D eigenvalue weighted by atomic mass is 10.1. The molecule has 0 rings (SSSR count). The molecule has 0 aliphatic carbocycles. The minimum absolute atomic E-state index is 0.375. The van der Waals surface area contributed by atoms with Gasteiger partial charge in [-0.05, 0) is 12.8 Å². The summed E-state index contributed by atoms with van der Waals surface area (Å²) in [5, 5.41) is 0. The van der Waals surface area contributed by atoms with Crippen LogP contribution in [0.4, 0.5) is 0 Å². The summed E-state index contributed by atoms with van der Waals surface area (Å²) in [4.78, 5) is 0. The van der Waals surface area contributed by atoms with Crippen LogP contribution in [-0.4, -0.2) is 0 Å². The minimum Gasteiger partial charge on any atom is -0.401 e. The van der Waals surface area contributed by atoms with Gasteiger partial charge >= 0.3 is 0 Å². The number of nitrogens with two attached hydrogens (primary N) is 2. The predicted molar refractivity (Wildman–Crippen MR) is 35.9 cm³/mol. The summed E-state index contributed by atoms with van der Waals surface area (Å²) < 4.78 is 0. The van der Waals surface area contributed by atoms with Crippen molar-refractivity contribution in [2.75, 3.05) is 0 Å². The second kappa shape index (κ2) is 2.60. The lowest BCUT2D eigenvalue weighted by Crippen LogP contribution is -2.11. The van der Waals surface area contributed by atoms with E-state index in [4.69, 9.17) is 11.5 Å². The maximum atomic E-state index is 5.51. The first-order valence-corrected chi connectivity index (χ1v) is 2.77. The van der Waals surface area contributed by atoms with Crippen molar-refractivity contribution in [1.82, 2.24) is 0 Å². The topological polar surface area (TPSA) is 52.0 Å². The van der Waals surface area contributed by atoms with Gasteiger partial charge in [-0.1, -0.05) is 13.8 Å². The van der Waals surface area contributed by atoms with E-state index in [0.29, 0.717) is 5.92 Å². The molecule has 0 spiro atoms. The number of hydrogen-bond donors (Lipinski definition) is 2. The molecule has 2 nitrogen and oxygen atoms in total. The normalized spacial score (nSPS) is 14.0. The fourth-order valence-electron chi connectivity index (χ4n) is 0.455. The van der Waals surface area contributed by atoms with Crippen molar-refractivity contribution >= 4 is 0 Å². The molecule has 0 atom stereocenters. The highest BCUT2D eigenvalue weighted by molar-refractivity contribution is 5.05. The molecule has 0 unspecified atom stereocenters. The Kier molecular flexibility index (Phi) is 2.38. The van der Waals surface area contributed by atoms with E-state index in [1.54, 1.807) is 0 Å². The highest BCUT2D eigenvalue weighted by Crippen LogP contribution is 2.03. The highest BCUT2D eigenvalue weighted by Gasteiger charge is 1.97. The monoisotopic (exact) mass is 114 g/mol. The molecule has 2 heteroatoms. The molecule has 0 radical (unpaired) electrons. The third-order valence-corrected chi connectivity index (χ3v) is 1.08. The average Bonchev–Trinajstić information content (AvgIpc) is 1.64. The van der Waals surface area contributed by atoms with Crippen LogP contribution in [0.25, 0.3) is 0 Å². The van der Waals surface area contributed by atoms with Crippen LogP contribution in [0.2, 0.25) is 0 Å². The van der Waals surface area contributed by atoms with E-state index in [0.717, 1.165) is 11.4 Å². The molecule has 0 aliphatic heterocycles. The molecule has 0 saturated heterocycles. The Balaban J connectivity index is 4.00. The second-order valence-electron chi connectivity index (χ2n) is 2.29. The standard InChI is InChI=1S/C6H14N2/c1-4(2)6(8)5(3)7/h4H,7-8H2,1-3H3/b6-5-. The Morgan fingerprint density at radius 3 is 1.62 bits per heavy atom. The first kappa shape index (κ1) is 7.34. The summed E-state index contributed by atoms with van der Waals surface area (Å²) in [6, 6.07) is 0. The SMILES string of the molecule is C/C(N)=C(/N)C(C)C. The van der Waals surface area contributed by atoms with Gasteiger partial charge in [0.15, 0.2) is 0 Å². The van der Waals surface area contributed by atoms with E-state index in [-0.39, 0.29) is 0 Å². The van der Waals surface area contributed by atoms with Crippen LogP contribution in [0.15, 0.2) is 11.4 Å². The minimum atomic E-state index is 0.375. The van der Waals surface area contributed by atoms with Crippen molar-refractivity contribution < 1.29 is 0 Å². The first-order chi connectivity index (χ1) is 3.55. The van der Waals surface area contributed by atoms with Gasteiger partial charge in [0.1, 0.15) is 0 Å². The third kappa shape index (κ3) is 1.87. The second-order valence-corrected chi connectivity index (χ2v) is 2.29. The van der Waals surface area contributed by atoms with Gasteiger partial charge in [0, 0.05) is 11.4 Å². The van der Waals surface area contributed by atoms with Gasteiger partial charge in [-0.3, -0.25) is 0 Å². The zero-order chi connectivity index (χ0) is 6.73. The van der Waals surface area contributed by atoms with Gasteiger partial charge < -0.3 is 11.5 Å². The Bertz CT molecular complexity index is 99.1. The van der Waals surface area contributed by atoms with Crippen LogP contribution >= 0.6 is 0 Å².